The van der Waals surface area contributed by atoms with Crippen molar-refractivity contribution < 1.29 is 13.9 Å². The van der Waals surface area contributed by atoms with E-state index in [1.807, 2.05) is 0 Å². The average Bonchev–Trinajstić information content (AvgIpc) is 2.24. The molecule has 0 bridgehead atoms. The molecule has 0 spiro atoms. The van der Waals surface area contributed by atoms with Crippen LogP contribution in [0, 0.1) is 5.82 Å². The Kier molecular flexibility index (Phi) is 5.22. The second-order valence-electron chi connectivity index (χ2n) is 3.17. The molecular formula is C11H11BrClFO2. The number of hydrogen-bond donors (Lipinski definition) is 0. The van der Waals surface area contributed by atoms with Gasteiger partial charge in [0.2, 0.25) is 0 Å². The maximum Gasteiger partial charge on any atom is 0.320 e. The van der Waals surface area contributed by atoms with E-state index in [9.17, 15) is 9.18 Å². The molecule has 0 aromatic heterocycles. The van der Waals surface area contributed by atoms with Crippen molar-refractivity contribution in [3.8, 4) is 0 Å². The first kappa shape index (κ1) is 13.5. The number of carbonyl (C=O) groups excluding carboxylic acids is 1. The molecule has 88 valence electrons. The van der Waals surface area contributed by atoms with Gasteiger partial charge in [0.1, 0.15) is 10.6 Å². The van der Waals surface area contributed by atoms with Gasteiger partial charge in [-0.2, -0.15) is 0 Å². The summed E-state index contributed by atoms with van der Waals surface area (Å²) in [6.45, 7) is 2.06. The Morgan fingerprint density at radius 3 is 2.88 bits per heavy atom. The van der Waals surface area contributed by atoms with Crippen LogP contribution in [0.2, 0.25) is 5.02 Å². The van der Waals surface area contributed by atoms with Gasteiger partial charge in [-0.05, 0) is 31.0 Å². The molecule has 0 saturated heterocycles. The fourth-order valence-electron chi connectivity index (χ4n) is 1.19. The highest BCUT2D eigenvalue weighted by Gasteiger charge is 2.16. The maximum atomic E-state index is 13.1. The van der Waals surface area contributed by atoms with Crippen LogP contribution in [-0.2, 0) is 16.0 Å². The largest absolute Gasteiger partial charge is 0.465 e. The van der Waals surface area contributed by atoms with Gasteiger partial charge < -0.3 is 4.74 Å². The van der Waals surface area contributed by atoms with E-state index < -0.39 is 10.6 Å². The molecule has 0 aliphatic carbocycles. The highest BCUT2D eigenvalue weighted by atomic mass is 79.9. The van der Waals surface area contributed by atoms with Gasteiger partial charge in [-0.25, -0.2) is 4.39 Å². The molecule has 0 aliphatic heterocycles. The van der Waals surface area contributed by atoms with Gasteiger partial charge in [0, 0.05) is 0 Å². The van der Waals surface area contributed by atoms with Gasteiger partial charge in [-0.3, -0.25) is 4.79 Å². The first-order valence-electron chi connectivity index (χ1n) is 4.79. The molecule has 0 radical (unpaired) electrons. The summed E-state index contributed by atoms with van der Waals surface area (Å²) in [6, 6.07) is 4.46. The van der Waals surface area contributed by atoms with Crippen LogP contribution in [0.1, 0.15) is 12.5 Å². The van der Waals surface area contributed by atoms with Crippen LogP contribution in [-0.4, -0.2) is 17.4 Å². The summed E-state index contributed by atoms with van der Waals surface area (Å²) in [5, 5.41) is 0.0750. The second kappa shape index (κ2) is 6.21. The number of carbonyl (C=O) groups is 1. The molecule has 0 heterocycles. The lowest BCUT2D eigenvalue weighted by Gasteiger charge is -2.09. The minimum atomic E-state index is -0.484. The molecule has 1 atom stereocenters. The molecule has 1 aromatic carbocycles. The van der Waals surface area contributed by atoms with Crippen LogP contribution in [0.15, 0.2) is 18.2 Å². The van der Waals surface area contributed by atoms with E-state index in [1.165, 1.54) is 12.1 Å². The molecule has 1 rings (SSSR count). The fourth-order valence-corrected chi connectivity index (χ4v) is 1.81. The summed E-state index contributed by atoms with van der Waals surface area (Å²) in [5.41, 5.74) is 0.692. The number of halogens is 3. The van der Waals surface area contributed by atoms with E-state index in [-0.39, 0.29) is 11.0 Å². The third kappa shape index (κ3) is 3.76. The second-order valence-corrected chi connectivity index (χ2v) is 4.68. The smallest absolute Gasteiger partial charge is 0.320 e. The molecule has 0 aliphatic rings. The third-order valence-electron chi connectivity index (χ3n) is 1.94. The van der Waals surface area contributed by atoms with Crippen molar-refractivity contribution in [1.82, 2.24) is 0 Å². The number of rotatable bonds is 4. The predicted octanol–water partition coefficient (Wildman–Crippen LogP) is 3.35. The number of hydrogen-bond acceptors (Lipinski definition) is 2. The van der Waals surface area contributed by atoms with E-state index in [0.29, 0.717) is 18.6 Å². The molecule has 5 heteroatoms. The Balaban J connectivity index is 2.66. The van der Waals surface area contributed by atoms with Gasteiger partial charge in [-0.15, -0.1) is 0 Å². The van der Waals surface area contributed by atoms with Crippen molar-refractivity contribution in [2.24, 2.45) is 0 Å². The van der Waals surface area contributed by atoms with Crippen LogP contribution < -0.4 is 0 Å². The van der Waals surface area contributed by atoms with E-state index in [1.54, 1.807) is 13.0 Å². The monoisotopic (exact) mass is 308 g/mol. The standard InChI is InChI=1S/C11H11BrClFO2/c1-2-16-11(15)8(12)5-7-3-4-9(13)10(14)6-7/h3-4,6,8H,2,5H2,1H3. The van der Waals surface area contributed by atoms with E-state index in [2.05, 4.69) is 15.9 Å². The Morgan fingerprint density at radius 1 is 1.62 bits per heavy atom. The molecule has 0 saturated carbocycles. The van der Waals surface area contributed by atoms with Gasteiger partial charge in [-0.1, -0.05) is 33.6 Å². The molecule has 0 N–H and O–H groups in total. The molecular weight excluding hydrogens is 298 g/mol. The van der Waals surface area contributed by atoms with Crippen molar-refractivity contribution in [3.05, 3.63) is 34.6 Å². The Bertz CT molecular complexity index is 384. The molecule has 0 amide bonds. The lowest BCUT2D eigenvalue weighted by molar-refractivity contribution is -0.142. The van der Waals surface area contributed by atoms with Crippen molar-refractivity contribution in [2.45, 2.75) is 18.2 Å². The molecule has 1 aromatic rings. The zero-order valence-corrected chi connectivity index (χ0v) is 11.0. The summed E-state index contributed by atoms with van der Waals surface area (Å²) in [7, 11) is 0. The average molecular weight is 310 g/mol. The summed E-state index contributed by atoms with van der Waals surface area (Å²) in [6.07, 6.45) is 0.368. The lowest BCUT2D eigenvalue weighted by atomic mass is 10.1. The molecule has 16 heavy (non-hydrogen) atoms. The minimum Gasteiger partial charge on any atom is -0.465 e. The molecule has 2 nitrogen and oxygen atoms in total. The summed E-state index contributed by atoms with van der Waals surface area (Å²) >= 11 is 8.75. The number of ether oxygens (including phenoxy) is 1. The zero-order valence-electron chi connectivity index (χ0n) is 8.67. The Morgan fingerprint density at radius 2 is 2.31 bits per heavy atom. The van der Waals surface area contributed by atoms with E-state index in [0.717, 1.165) is 0 Å². The lowest BCUT2D eigenvalue weighted by Crippen LogP contribution is -2.19. The SMILES string of the molecule is CCOC(=O)C(Br)Cc1ccc(Cl)c(F)c1. The first-order chi connectivity index (χ1) is 7.54. The van der Waals surface area contributed by atoms with Crippen LogP contribution >= 0.6 is 27.5 Å². The zero-order chi connectivity index (χ0) is 12.1. The highest BCUT2D eigenvalue weighted by Crippen LogP contribution is 2.18. The van der Waals surface area contributed by atoms with Crippen molar-refractivity contribution in [2.75, 3.05) is 6.61 Å². The summed E-state index contributed by atoms with van der Waals surface area (Å²) in [5.74, 6) is -0.833. The fraction of sp³-hybridized carbons (Fsp3) is 0.364. The van der Waals surface area contributed by atoms with Gasteiger partial charge in [0.15, 0.2) is 0 Å². The van der Waals surface area contributed by atoms with Crippen LogP contribution in [0.25, 0.3) is 0 Å². The summed E-state index contributed by atoms with van der Waals surface area (Å²) in [4.78, 5) is 10.8. The molecule has 0 fully saturated rings. The van der Waals surface area contributed by atoms with Gasteiger partial charge >= 0.3 is 5.97 Å². The van der Waals surface area contributed by atoms with Crippen molar-refractivity contribution in [1.29, 1.82) is 0 Å². The van der Waals surface area contributed by atoms with Crippen LogP contribution in [0.4, 0.5) is 4.39 Å². The number of benzene rings is 1. The third-order valence-corrected chi connectivity index (χ3v) is 2.95. The Labute approximate surface area is 107 Å². The van der Waals surface area contributed by atoms with E-state index >= 15 is 0 Å². The number of alkyl halides is 1. The maximum absolute atomic E-state index is 13.1. The van der Waals surface area contributed by atoms with Crippen molar-refractivity contribution >= 4 is 33.5 Å². The highest BCUT2D eigenvalue weighted by molar-refractivity contribution is 9.10. The van der Waals surface area contributed by atoms with Crippen LogP contribution in [0.3, 0.4) is 0 Å². The summed E-state index contributed by atoms with van der Waals surface area (Å²) < 4.78 is 17.9. The first-order valence-corrected chi connectivity index (χ1v) is 6.08. The van der Waals surface area contributed by atoms with Crippen LogP contribution in [0.5, 0.6) is 0 Å². The normalized spacial score (nSPS) is 12.2. The quantitative estimate of drug-likeness (QED) is 0.630. The molecule has 1 unspecified atom stereocenters. The topological polar surface area (TPSA) is 26.3 Å². The van der Waals surface area contributed by atoms with Gasteiger partial charge in [0.05, 0.1) is 11.6 Å². The van der Waals surface area contributed by atoms with E-state index in [4.69, 9.17) is 16.3 Å². The number of esters is 1. The minimum absolute atomic E-state index is 0.0750. The predicted molar refractivity (Wildman–Crippen MR) is 64.5 cm³/mol. The Hall–Kier alpha value is -0.610. The van der Waals surface area contributed by atoms with Gasteiger partial charge in [0.25, 0.3) is 0 Å². The van der Waals surface area contributed by atoms with Crippen molar-refractivity contribution in [3.63, 3.8) is 0 Å².